The molecule has 0 bridgehead atoms. The topological polar surface area (TPSA) is 96.6 Å². The van der Waals surface area contributed by atoms with Gasteiger partial charge in [0.2, 0.25) is 5.82 Å². The van der Waals surface area contributed by atoms with Crippen molar-refractivity contribution < 1.29 is 14.8 Å². The Morgan fingerprint density at radius 2 is 2.35 bits per heavy atom. The van der Waals surface area contributed by atoms with Crippen LogP contribution >= 0.6 is 15.9 Å². The van der Waals surface area contributed by atoms with Gasteiger partial charge in [-0.1, -0.05) is 6.92 Å². The SMILES string of the molecule is CC1CCCN(c2ncc(Br)cc2[N+](=O)[O-])C1C(=O)O. The quantitative estimate of drug-likeness (QED) is 0.668. The van der Waals surface area contributed by atoms with Gasteiger partial charge in [-0.2, -0.15) is 0 Å². The first-order valence-electron chi connectivity index (χ1n) is 6.21. The number of aromatic nitrogens is 1. The third-order valence-corrected chi connectivity index (χ3v) is 3.90. The van der Waals surface area contributed by atoms with Crippen LogP contribution in [-0.2, 0) is 4.79 Å². The molecule has 2 atom stereocenters. The maximum absolute atomic E-state index is 11.4. The molecule has 2 rings (SSSR count). The molecule has 1 aromatic rings. The Hall–Kier alpha value is -1.70. The highest BCUT2D eigenvalue weighted by atomic mass is 79.9. The fraction of sp³-hybridized carbons (Fsp3) is 0.500. The van der Waals surface area contributed by atoms with Gasteiger partial charge in [-0.25, -0.2) is 9.78 Å². The molecule has 1 saturated heterocycles. The maximum atomic E-state index is 11.4. The lowest BCUT2D eigenvalue weighted by atomic mass is 9.90. The summed E-state index contributed by atoms with van der Waals surface area (Å²) in [5, 5.41) is 20.5. The number of nitro groups is 1. The van der Waals surface area contributed by atoms with E-state index in [1.54, 1.807) is 0 Å². The van der Waals surface area contributed by atoms with Crippen LogP contribution in [0.3, 0.4) is 0 Å². The number of rotatable bonds is 3. The molecule has 1 aromatic heterocycles. The summed E-state index contributed by atoms with van der Waals surface area (Å²) >= 11 is 3.14. The number of carboxylic acids is 1. The molecule has 1 aliphatic rings. The van der Waals surface area contributed by atoms with Crippen LogP contribution in [0.5, 0.6) is 0 Å². The van der Waals surface area contributed by atoms with Crippen molar-refractivity contribution in [1.29, 1.82) is 0 Å². The van der Waals surface area contributed by atoms with Crippen LogP contribution in [0.25, 0.3) is 0 Å². The van der Waals surface area contributed by atoms with Gasteiger partial charge < -0.3 is 10.0 Å². The number of aliphatic carboxylic acids is 1. The zero-order valence-corrected chi connectivity index (χ0v) is 12.4. The minimum Gasteiger partial charge on any atom is -0.480 e. The summed E-state index contributed by atoms with van der Waals surface area (Å²) in [5.41, 5.74) is -0.181. The summed E-state index contributed by atoms with van der Waals surface area (Å²) in [6, 6.07) is 0.566. The van der Waals surface area contributed by atoms with Crippen molar-refractivity contribution in [2.24, 2.45) is 5.92 Å². The van der Waals surface area contributed by atoms with E-state index in [0.717, 1.165) is 12.8 Å². The predicted octanol–water partition coefficient (Wildman–Crippen LogP) is 2.44. The average Bonchev–Trinajstić information content (AvgIpc) is 2.37. The first-order valence-corrected chi connectivity index (χ1v) is 7.00. The number of hydrogen-bond acceptors (Lipinski definition) is 5. The van der Waals surface area contributed by atoms with E-state index in [1.165, 1.54) is 17.2 Å². The Kier molecular flexibility index (Phi) is 4.22. The number of pyridine rings is 1. The van der Waals surface area contributed by atoms with Gasteiger partial charge in [0.1, 0.15) is 6.04 Å². The molecule has 0 saturated carbocycles. The zero-order valence-electron chi connectivity index (χ0n) is 10.8. The van der Waals surface area contributed by atoms with Crippen LogP contribution in [0.15, 0.2) is 16.7 Å². The lowest BCUT2D eigenvalue weighted by molar-refractivity contribution is -0.384. The van der Waals surface area contributed by atoms with Gasteiger partial charge in [-0.05, 0) is 34.7 Å². The van der Waals surface area contributed by atoms with Crippen LogP contribution in [0.2, 0.25) is 0 Å². The third-order valence-electron chi connectivity index (χ3n) is 3.47. The van der Waals surface area contributed by atoms with Gasteiger partial charge >= 0.3 is 11.7 Å². The fourth-order valence-electron chi connectivity index (χ4n) is 2.58. The number of carbonyl (C=O) groups is 1. The molecule has 1 N–H and O–H groups in total. The van der Waals surface area contributed by atoms with Crippen LogP contribution in [0, 0.1) is 16.0 Å². The normalized spacial score (nSPS) is 22.6. The van der Waals surface area contributed by atoms with Gasteiger partial charge in [0.15, 0.2) is 0 Å². The highest BCUT2D eigenvalue weighted by Crippen LogP contribution is 2.34. The molecule has 2 heterocycles. The summed E-state index contributed by atoms with van der Waals surface area (Å²) in [4.78, 5) is 27.7. The first-order chi connectivity index (χ1) is 9.41. The zero-order chi connectivity index (χ0) is 14.9. The largest absolute Gasteiger partial charge is 0.480 e. The maximum Gasteiger partial charge on any atom is 0.326 e. The first kappa shape index (κ1) is 14.7. The Balaban J connectivity index is 2.48. The van der Waals surface area contributed by atoms with Crippen molar-refractivity contribution in [1.82, 2.24) is 4.98 Å². The van der Waals surface area contributed by atoms with Crippen molar-refractivity contribution >= 4 is 33.4 Å². The second kappa shape index (κ2) is 5.74. The van der Waals surface area contributed by atoms with E-state index >= 15 is 0 Å². The van der Waals surface area contributed by atoms with Crippen molar-refractivity contribution in [2.45, 2.75) is 25.8 Å². The molecule has 0 radical (unpaired) electrons. The number of carboxylic acid groups (broad SMARTS) is 1. The standard InChI is InChI=1S/C12H14BrN3O4/c1-7-3-2-4-15(10(7)12(17)18)11-9(16(19)20)5-8(13)6-14-11/h5-7,10H,2-4H2,1H3,(H,17,18). The number of piperidine rings is 1. The van der Waals surface area contributed by atoms with Crippen LogP contribution in [0.4, 0.5) is 11.5 Å². The van der Waals surface area contributed by atoms with Gasteiger partial charge in [0.25, 0.3) is 0 Å². The predicted molar refractivity (Wildman–Crippen MR) is 75.8 cm³/mol. The molecule has 7 nitrogen and oxygen atoms in total. The third kappa shape index (κ3) is 2.74. The van der Waals surface area contributed by atoms with E-state index in [9.17, 15) is 20.0 Å². The molecule has 1 aliphatic heterocycles. The van der Waals surface area contributed by atoms with Crippen LogP contribution in [-0.4, -0.2) is 33.6 Å². The van der Waals surface area contributed by atoms with E-state index in [-0.39, 0.29) is 17.4 Å². The Bertz CT molecular complexity index is 552. The van der Waals surface area contributed by atoms with Gasteiger partial charge in [-0.3, -0.25) is 10.1 Å². The molecule has 0 spiro atoms. The number of anilines is 1. The summed E-state index contributed by atoms with van der Waals surface area (Å²) < 4.78 is 0.491. The molecule has 0 aliphatic carbocycles. The Labute approximate surface area is 123 Å². The molecule has 0 aromatic carbocycles. The smallest absolute Gasteiger partial charge is 0.326 e. The van der Waals surface area contributed by atoms with Gasteiger partial charge in [0.05, 0.1) is 4.92 Å². The number of hydrogen-bond donors (Lipinski definition) is 1. The van der Waals surface area contributed by atoms with Crippen LogP contribution < -0.4 is 4.90 Å². The molecule has 1 fully saturated rings. The Morgan fingerprint density at radius 3 is 2.95 bits per heavy atom. The summed E-state index contributed by atoms with van der Waals surface area (Å²) in [7, 11) is 0. The van der Waals surface area contributed by atoms with Crippen molar-refractivity contribution in [2.75, 3.05) is 11.4 Å². The number of halogens is 1. The molecule has 108 valence electrons. The lowest BCUT2D eigenvalue weighted by Gasteiger charge is -2.37. The van der Waals surface area contributed by atoms with Gasteiger partial charge in [0, 0.05) is 23.3 Å². The van der Waals surface area contributed by atoms with E-state index in [1.807, 2.05) is 6.92 Å². The molecular formula is C12H14BrN3O4. The van der Waals surface area contributed by atoms with Crippen LogP contribution in [0.1, 0.15) is 19.8 Å². The monoisotopic (exact) mass is 343 g/mol. The number of nitrogens with zero attached hydrogens (tertiary/aromatic N) is 3. The van der Waals surface area contributed by atoms with Crippen molar-refractivity contribution in [3.05, 3.63) is 26.9 Å². The second-order valence-corrected chi connectivity index (χ2v) is 5.77. The molecule has 20 heavy (non-hydrogen) atoms. The van der Waals surface area contributed by atoms with E-state index in [2.05, 4.69) is 20.9 Å². The van der Waals surface area contributed by atoms with E-state index in [0.29, 0.717) is 11.0 Å². The highest BCUT2D eigenvalue weighted by molar-refractivity contribution is 9.10. The minimum atomic E-state index is -0.976. The highest BCUT2D eigenvalue weighted by Gasteiger charge is 2.37. The lowest BCUT2D eigenvalue weighted by Crippen LogP contribution is -2.50. The summed E-state index contributed by atoms with van der Waals surface area (Å²) in [5.74, 6) is -0.931. The summed E-state index contributed by atoms with van der Waals surface area (Å²) in [6.07, 6.45) is 3.03. The molecule has 8 heteroatoms. The second-order valence-electron chi connectivity index (χ2n) is 4.85. The van der Waals surface area contributed by atoms with E-state index < -0.39 is 16.9 Å². The Morgan fingerprint density at radius 1 is 1.65 bits per heavy atom. The molecular weight excluding hydrogens is 330 g/mol. The fourth-order valence-corrected chi connectivity index (χ4v) is 2.90. The van der Waals surface area contributed by atoms with Crippen molar-refractivity contribution in [3.8, 4) is 0 Å². The van der Waals surface area contributed by atoms with E-state index in [4.69, 9.17) is 0 Å². The van der Waals surface area contributed by atoms with Crippen molar-refractivity contribution in [3.63, 3.8) is 0 Å². The molecule has 2 unspecified atom stereocenters. The summed E-state index contributed by atoms with van der Waals surface area (Å²) in [6.45, 7) is 2.30. The average molecular weight is 344 g/mol. The molecule has 0 amide bonds. The van der Waals surface area contributed by atoms with Gasteiger partial charge in [-0.15, -0.1) is 0 Å². The minimum absolute atomic E-state index is 0.0775.